The zero-order valence-corrected chi connectivity index (χ0v) is 11.7. The Labute approximate surface area is 120 Å². The Morgan fingerprint density at radius 2 is 2.35 bits per heavy atom. The van der Waals surface area contributed by atoms with Gasteiger partial charge in [0, 0.05) is 0 Å². The van der Waals surface area contributed by atoms with Gasteiger partial charge < -0.3 is 20.7 Å². The van der Waals surface area contributed by atoms with Gasteiger partial charge in [0.1, 0.15) is 6.10 Å². The van der Waals surface area contributed by atoms with Gasteiger partial charge in [0.05, 0.1) is 23.9 Å². The molecule has 0 amide bonds. The minimum Gasteiger partial charge on any atom is -0.394 e. The van der Waals surface area contributed by atoms with Gasteiger partial charge in [-0.2, -0.15) is 4.98 Å². The number of imidazole rings is 1. The number of H-pyrrole nitrogens is 1. The molecule has 9 nitrogen and oxygen atoms in total. The fraction of sp³-hybridized carbons (Fsp3) is 0.500. The molecule has 0 bridgehead atoms. The molecule has 3 heterocycles. The summed E-state index contributed by atoms with van der Waals surface area (Å²) in [4.78, 5) is 21.6. The predicted octanol–water partition coefficient (Wildman–Crippen LogP) is -1.28. The number of nitrogens with two attached hydrogens (primary N) is 1. The number of fused-ring (bicyclic) bond motifs is 1. The van der Waals surface area contributed by atoms with Crippen LogP contribution in [0.25, 0.3) is 11.2 Å². The van der Waals surface area contributed by atoms with Crippen LogP contribution in [-0.2, 0) is 4.74 Å². The Kier molecular flexibility index (Phi) is 3.24. The second-order valence-corrected chi connectivity index (χ2v) is 5.52. The number of alkyl halides is 1. The quantitative estimate of drug-likeness (QED) is 0.497. The van der Waals surface area contributed by atoms with Gasteiger partial charge in [-0.1, -0.05) is 15.9 Å². The number of rotatable bonds is 2. The second-order valence-electron chi connectivity index (χ2n) is 4.46. The average Bonchev–Trinajstić information content (AvgIpc) is 2.93. The Hall–Kier alpha value is -1.49. The van der Waals surface area contributed by atoms with E-state index in [1.54, 1.807) is 0 Å². The molecule has 0 spiro atoms. The van der Waals surface area contributed by atoms with Crippen LogP contribution in [0.15, 0.2) is 11.1 Å². The van der Waals surface area contributed by atoms with Crippen molar-refractivity contribution in [3.63, 3.8) is 0 Å². The summed E-state index contributed by atoms with van der Waals surface area (Å²) in [5.74, 6) is -0.0346. The van der Waals surface area contributed by atoms with Gasteiger partial charge in [-0.05, 0) is 0 Å². The summed E-state index contributed by atoms with van der Waals surface area (Å²) in [5, 5.41) is 19.1. The SMILES string of the molecule is Nc1nc2c(ncn2[C@@H]2O[C@H](CO)[C@@H](O)[C@@H]2Br)c(=O)[nH]1. The lowest BCUT2D eigenvalue weighted by atomic mass is 10.2. The van der Waals surface area contributed by atoms with Crippen molar-refractivity contribution in [1.82, 2.24) is 19.5 Å². The topological polar surface area (TPSA) is 139 Å². The third-order valence-corrected chi connectivity index (χ3v) is 4.19. The molecular formula is C10H12BrN5O4. The summed E-state index contributed by atoms with van der Waals surface area (Å²) in [5.41, 5.74) is 5.45. The zero-order valence-electron chi connectivity index (χ0n) is 10.1. The van der Waals surface area contributed by atoms with Gasteiger partial charge in [0.15, 0.2) is 17.4 Å². The number of aromatic amines is 1. The normalized spacial score (nSPS) is 30.1. The van der Waals surface area contributed by atoms with E-state index in [-0.39, 0.29) is 23.7 Å². The number of anilines is 1. The maximum absolute atomic E-state index is 11.7. The van der Waals surface area contributed by atoms with E-state index >= 15 is 0 Å². The van der Waals surface area contributed by atoms with Crippen molar-refractivity contribution in [1.29, 1.82) is 0 Å². The van der Waals surface area contributed by atoms with Gasteiger partial charge in [-0.15, -0.1) is 0 Å². The zero-order chi connectivity index (χ0) is 14.4. The standard InChI is InChI=1S/C10H12BrN5O4/c11-4-6(18)3(1-17)20-9(4)16-2-13-5-7(16)14-10(12)15-8(5)19/h2-4,6,9,17-18H,1H2,(H3,12,14,15,19)/t3-,4+,6-,9-/m1/s1. The van der Waals surface area contributed by atoms with E-state index in [9.17, 15) is 9.90 Å². The van der Waals surface area contributed by atoms with E-state index in [1.807, 2.05) is 0 Å². The van der Waals surface area contributed by atoms with Gasteiger partial charge in [-0.3, -0.25) is 14.3 Å². The van der Waals surface area contributed by atoms with Crippen molar-refractivity contribution >= 4 is 33.0 Å². The van der Waals surface area contributed by atoms with E-state index in [1.165, 1.54) is 10.9 Å². The lowest BCUT2D eigenvalue weighted by Gasteiger charge is -2.16. The van der Waals surface area contributed by atoms with Crippen LogP contribution in [-0.4, -0.2) is 53.4 Å². The number of hydrogen-bond donors (Lipinski definition) is 4. The molecule has 108 valence electrons. The molecule has 0 saturated carbocycles. The first-order chi connectivity index (χ1) is 9.52. The van der Waals surface area contributed by atoms with Crippen LogP contribution in [0.2, 0.25) is 0 Å². The number of hydrogen-bond acceptors (Lipinski definition) is 7. The molecule has 2 aromatic heterocycles. The number of nitrogen functional groups attached to an aromatic ring is 1. The van der Waals surface area contributed by atoms with Crippen molar-refractivity contribution in [3.05, 3.63) is 16.7 Å². The molecule has 2 aromatic rings. The number of nitrogens with zero attached hydrogens (tertiary/aromatic N) is 3. The smallest absolute Gasteiger partial charge is 0.280 e. The van der Waals surface area contributed by atoms with Gasteiger partial charge in [0.2, 0.25) is 5.95 Å². The van der Waals surface area contributed by atoms with Crippen LogP contribution < -0.4 is 11.3 Å². The van der Waals surface area contributed by atoms with Crippen LogP contribution in [0.3, 0.4) is 0 Å². The van der Waals surface area contributed by atoms with Gasteiger partial charge >= 0.3 is 0 Å². The van der Waals surface area contributed by atoms with Crippen molar-refractivity contribution < 1.29 is 14.9 Å². The third kappa shape index (κ3) is 1.92. The molecule has 5 N–H and O–H groups in total. The number of aromatic nitrogens is 4. The summed E-state index contributed by atoms with van der Waals surface area (Å²) in [7, 11) is 0. The fourth-order valence-corrected chi connectivity index (χ4v) is 2.93. The van der Waals surface area contributed by atoms with Crippen LogP contribution in [0, 0.1) is 0 Å². The summed E-state index contributed by atoms with van der Waals surface area (Å²) < 4.78 is 7.05. The summed E-state index contributed by atoms with van der Waals surface area (Å²) in [6.45, 7) is -0.317. The highest BCUT2D eigenvalue weighted by atomic mass is 79.9. The van der Waals surface area contributed by atoms with E-state index in [2.05, 4.69) is 30.9 Å². The Morgan fingerprint density at radius 3 is 3.00 bits per heavy atom. The minimum atomic E-state index is -0.887. The molecule has 10 heteroatoms. The summed E-state index contributed by atoms with van der Waals surface area (Å²) in [6.07, 6.45) is -0.874. The maximum atomic E-state index is 11.7. The maximum Gasteiger partial charge on any atom is 0.280 e. The Bertz CT molecular complexity index is 701. The summed E-state index contributed by atoms with van der Waals surface area (Å²) in [6, 6.07) is 0. The molecular weight excluding hydrogens is 334 g/mol. The number of nitrogens with one attached hydrogen (secondary N) is 1. The highest BCUT2D eigenvalue weighted by Gasteiger charge is 2.43. The van der Waals surface area contributed by atoms with Gasteiger partial charge in [0.25, 0.3) is 5.56 Å². The minimum absolute atomic E-state index is 0.0346. The molecule has 0 aromatic carbocycles. The molecule has 1 fully saturated rings. The molecule has 0 radical (unpaired) electrons. The first-order valence-electron chi connectivity index (χ1n) is 5.83. The largest absolute Gasteiger partial charge is 0.394 e. The van der Waals surface area contributed by atoms with E-state index < -0.39 is 28.8 Å². The molecule has 4 atom stereocenters. The number of aliphatic hydroxyl groups is 2. The first-order valence-corrected chi connectivity index (χ1v) is 6.75. The van der Waals surface area contributed by atoms with Crippen molar-refractivity contribution in [3.8, 4) is 0 Å². The first kappa shape index (κ1) is 13.5. The van der Waals surface area contributed by atoms with E-state index in [4.69, 9.17) is 15.6 Å². The molecule has 1 aliphatic heterocycles. The van der Waals surface area contributed by atoms with Crippen molar-refractivity contribution in [2.45, 2.75) is 23.3 Å². The highest BCUT2D eigenvalue weighted by molar-refractivity contribution is 9.09. The molecule has 0 aliphatic carbocycles. The second kappa shape index (κ2) is 4.81. The Balaban J connectivity index is 2.09. The average molecular weight is 346 g/mol. The molecule has 0 unspecified atom stereocenters. The molecule has 1 saturated heterocycles. The summed E-state index contributed by atoms with van der Waals surface area (Å²) >= 11 is 3.32. The fourth-order valence-electron chi connectivity index (χ4n) is 2.21. The van der Waals surface area contributed by atoms with Crippen LogP contribution >= 0.6 is 15.9 Å². The van der Waals surface area contributed by atoms with Crippen molar-refractivity contribution in [2.24, 2.45) is 0 Å². The van der Waals surface area contributed by atoms with E-state index in [0.717, 1.165) is 0 Å². The monoisotopic (exact) mass is 345 g/mol. The molecule has 3 rings (SSSR count). The number of ether oxygens (including phenoxy) is 1. The number of aliphatic hydroxyl groups excluding tert-OH is 2. The molecule has 20 heavy (non-hydrogen) atoms. The predicted molar refractivity (Wildman–Crippen MR) is 72.3 cm³/mol. The van der Waals surface area contributed by atoms with Crippen LogP contribution in [0.4, 0.5) is 5.95 Å². The lowest BCUT2D eigenvalue weighted by molar-refractivity contribution is -0.0430. The number of halogens is 1. The van der Waals surface area contributed by atoms with Crippen LogP contribution in [0.1, 0.15) is 6.23 Å². The lowest BCUT2D eigenvalue weighted by Crippen LogP contribution is -2.29. The van der Waals surface area contributed by atoms with Gasteiger partial charge in [-0.25, -0.2) is 4.98 Å². The van der Waals surface area contributed by atoms with Crippen LogP contribution in [0.5, 0.6) is 0 Å². The Morgan fingerprint density at radius 1 is 1.60 bits per heavy atom. The van der Waals surface area contributed by atoms with E-state index in [0.29, 0.717) is 0 Å². The third-order valence-electron chi connectivity index (χ3n) is 3.20. The molecule has 1 aliphatic rings. The highest BCUT2D eigenvalue weighted by Crippen LogP contribution is 2.35. The van der Waals surface area contributed by atoms with Crippen molar-refractivity contribution in [2.75, 3.05) is 12.3 Å².